The summed E-state index contributed by atoms with van der Waals surface area (Å²) >= 11 is 0. The van der Waals surface area contributed by atoms with Gasteiger partial charge in [-0.15, -0.1) is 0 Å². The highest BCUT2D eigenvalue weighted by Crippen LogP contribution is 2.19. The van der Waals surface area contributed by atoms with Crippen LogP contribution in [0.3, 0.4) is 0 Å². The highest BCUT2D eigenvalue weighted by Gasteiger charge is 2.30. The molecule has 6 heteroatoms. The largest absolute Gasteiger partial charge is 0.350 e. The van der Waals surface area contributed by atoms with E-state index in [1.54, 1.807) is 0 Å². The Labute approximate surface area is 131 Å². The maximum atomic E-state index is 12.2. The molecule has 1 aliphatic heterocycles. The molecule has 1 saturated carbocycles. The van der Waals surface area contributed by atoms with Crippen molar-refractivity contribution in [3.8, 4) is 0 Å². The Kier molecular flexibility index (Phi) is 5.10. The summed E-state index contributed by atoms with van der Waals surface area (Å²) in [6.07, 6.45) is 10.2. The summed E-state index contributed by atoms with van der Waals surface area (Å²) in [7, 11) is 0. The van der Waals surface area contributed by atoms with Crippen LogP contribution in [-0.2, 0) is 9.59 Å². The zero-order valence-electron chi connectivity index (χ0n) is 12.9. The van der Waals surface area contributed by atoms with Gasteiger partial charge < -0.3 is 21.3 Å². The van der Waals surface area contributed by atoms with Crippen LogP contribution in [0.15, 0.2) is 12.2 Å². The normalized spacial score (nSPS) is 36.9. The van der Waals surface area contributed by atoms with Gasteiger partial charge in [0.2, 0.25) is 11.8 Å². The van der Waals surface area contributed by atoms with Gasteiger partial charge in [-0.3, -0.25) is 9.59 Å². The summed E-state index contributed by atoms with van der Waals surface area (Å²) in [6, 6.07) is 0.525. The standard InChI is InChI=1S/C16H26N4O2/c21-15-9-17-11-5-1-2-6-12(11)18-10-16(22)20-14-8-4-3-7-13(14)19-15/h1-2,11-14,17-18H,3-10H2,(H,19,21)(H,20,22). The fourth-order valence-corrected chi connectivity index (χ4v) is 3.70. The predicted molar refractivity (Wildman–Crippen MR) is 84.3 cm³/mol. The molecule has 22 heavy (non-hydrogen) atoms. The third kappa shape index (κ3) is 3.87. The van der Waals surface area contributed by atoms with Crippen molar-refractivity contribution in [1.82, 2.24) is 21.3 Å². The Morgan fingerprint density at radius 3 is 1.64 bits per heavy atom. The second kappa shape index (κ2) is 7.24. The average Bonchev–Trinajstić information content (AvgIpc) is 2.52. The number of hydrogen-bond acceptors (Lipinski definition) is 4. The Hall–Kier alpha value is -1.40. The van der Waals surface area contributed by atoms with Crippen LogP contribution in [-0.4, -0.2) is 49.1 Å². The van der Waals surface area contributed by atoms with Gasteiger partial charge in [0, 0.05) is 24.2 Å². The molecule has 4 N–H and O–H groups in total. The number of rotatable bonds is 0. The van der Waals surface area contributed by atoms with Gasteiger partial charge in [-0.05, 0) is 25.7 Å². The van der Waals surface area contributed by atoms with Gasteiger partial charge in [0.25, 0.3) is 0 Å². The van der Waals surface area contributed by atoms with Crippen LogP contribution in [0.2, 0.25) is 0 Å². The molecule has 2 aliphatic carbocycles. The van der Waals surface area contributed by atoms with Crippen LogP contribution >= 0.6 is 0 Å². The number of carbonyl (C=O) groups excluding carboxylic acids is 2. The fourth-order valence-electron chi connectivity index (χ4n) is 3.70. The molecule has 4 unspecified atom stereocenters. The van der Waals surface area contributed by atoms with Gasteiger partial charge in [-0.1, -0.05) is 25.0 Å². The molecule has 122 valence electrons. The summed E-state index contributed by atoms with van der Waals surface area (Å²) in [5, 5.41) is 12.9. The molecule has 0 aromatic heterocycles. The van der Waals surface area contributed by atoms with Crippen LogP contribution in [0.1, 0.15) is 38.5 Å². The number of amides is 2. The second-order valence-electron chi connectivity index (χ2n) is 6.55. The number of carbonyl (C=O) groups is 2. The molecule has 0 bridgehead atoms. The first kappa shape index (κ1) is 15.5. The first-order valence-electron chi connectivity index (χ1n) is 8.43. The molecule has 3 rings (SSSR count). The molecular formula is C16H26N4O2. The van der Waals surface area contributed by atoms with Crippen LogP contribution in [0.4, 0.5) is 0 Å². The number of nitrogens with one attached hydrogen (secondary N) is 4. The van der Waals surface area contributed by atoms with E-state index in [1.807, 2.05) is 0 Å². The first-order chi connectivity index (χ1) is 10.7. The van der Waals surface area contributed by atoms with Crippen molar-refractivity contribution < 1.29 is 9.59 Å². The SMILES string of the molecule is O=C1CNC2CC=CCC2NCC(=O)NC2CCCCC2N1. The molecular weight excluding hydrogens is 280 g/mol. The number of fused-ring (bicyclic) bond motifs is 2. The summed E-state index contributed by atoms with van der Waals surface area (Å²) < 4.78 is 0. The predicted octanol–water partition coefficient (Wildman–Crippen LogP) is -0.190. The molecule has 1 heterocycles. The molecule has 0 radical (unpaired) electrons. The van der Waals surface area contributed by atoms with Crippen LogP contribution < -0.4 is 21.3 Å². The molecule has 2 fully saturated rings. The Morgan fingerprint density at radius 2 is 1.18 bits per heavy atom. The van der Waals surface area contributed by atoms with E-state index in [1.165, 1.54) is 0 Å². The summed E-state index contributed by atoms with van der Waals surface area (Å²) in [6.45, 7) is 0.682. The molecule has 2 amide bonds. The van der Waals surface area contributed by atoms with E-state index in [9.17, 15) is 9.59 Å². The molecule has 0 aromatic rings. The van der Waals surface area contributed by atoms with Crippen molar-refractivity contribution in [2.24, 2.45) is 0 Å². The molecule has 1 saturated heterocycles. The minimum Gasteiger partial charge on any atom is -0.350 e. The van der Waals surface area contributed by atoms with E-state index in [-0.39, 0.29) is 36.0 Å². The Bertz CT molecular complexity index is 411. The van der Waals surface area contributed by atoms with Gasteiger partial charge in [-0.2, -0.15) is 0 Å². The lowest BCUT2D eigenvalue weighted by atomic mass is 9.90. The second-order valence-corrected chi connectivity index (χ2v) is 6.55. The molecule has 6 nitrogen and oxygen atoms in total. The van der Waals surface area contributed by atoms with Crippen molar-refractivity contribution in [2.75, 3.05) is 13.1 Å². The molecule has 3 aliphatic rings. The van der Waals surface area contributed by atoms with Gasteiger partial charge >= 0.3 is 0 Å². The van der Waals surface area contributed by atoms with Crippen molar-refractivity contribution in [3.63, 3.8) is 0 Å². The maximum Gasteiger partial charge on any atom is 0.234 e. The lowest BCUT2D eigenvalue weighted by Gasteiger charge is -2.35. The van der Waals surface area contributed by atoms with Crippen molar-refractivity contribution in [2.45, 2.75) is 62.7 Å². The van der Waals surface area contributed by atoms with E-state index in [0.29, 0.717) is 13.1 Å². The van der Waals surface area contributed by atoms with Crippen LogP contribution in [0.5, 0.6) is 0 Å². The molecule has 0 spiro atoms. The van der Waals surface area contributed by atoms with E-state index in [2.05, 4.69) is 33.4 Å². The van der Waals surface area contributed by atoms with Crippen molar-refractivity contribution >= 4 is 11.8 Å². The lowest BCUT2D eigenvalue weighted by molar-refractivity contribution is -0.124. The number of hydrogen-bond donors (Lipinski definition) is 4. The van der Waals surface area contributed by atoms with E-state index < -0.39 is 0 Å². The van der Waals surface area contributed by atoms with E-state index >= 15 is 0 Å². The third-order valence-corrected chi connectivity index (χ3v) is 4.94. The maximum absolute atomic E-state index is 12.2. The Morgan fingerprint density at radius 1 is 0.727 bits per heavy atom. The quantitative estimate of drug-likeness (QED) is 0.468. The van der Waals surface area contributed by atoms with Crippen molar-refractivity contribution in [1.29, 1.82) is 0 Å². The third-order valence-electron chi connectivity index (χ3n) is 4.94. The lowest BCUT2D eigenvalue weighted by Crippen LogP contribution is -2.59. The zero-order valence-corrected chi connectivity index (χ0v) is 12.9. The highest BCUT2D eigenvalue weighted by atomic mass is 16.2. The van der Waals surface area contributed by atoms with Gasteiger partial charge in [-0.25, -0.2) is 0 Å². The highest BCUT2D eigenvalue weighted by molar-refractivity contribution is 5.80. The minimum atomic E-state index is 0.0278. The fraction of sp³-hybridized carbons (Fsp3) is 0.750. The van der Waals surface area contributed by atoms with Crippen LogP contribution in [0, 0.1) is 0 Å². The molecule has 0 aromatic carbocycles. The monoisotopic (exact) mass is 306 g/mol. The van der Waals surface area contributed by atoms with Gasteiger partial charge in [0.15, 0.2) is 0 Å². The topological polar surface area (TPSA) is 82.3 Å². The minimum absolute atomic E-state index is 0.0278. The average molecular weight is 306 g/mol. The van der Waals surface area contributed by atoms with E-state index in [4.69, 9.17) is 0 Å². The summed E-state index contributed by atoms with van der Waals surface area (Å²) in [5.41, 5.74) is 0. The first-order valence-corrected chi connectivity index (χ1v) is 8.43. The van der Waals surface area contributed by atoms with E-state index in [0.717, 1.165) is 38.5 Å². The summed E-state index contributed by atoms with van der Waals surface area (Å²) in [5.74, 6) is 0.0556. The molecule has 4 atom stereocenters. The van der Waals surface area contributed by atoms with Crippen LogP contribution in [0.25, 0.3) is 0 Å². The van der Waals surface area contributed by atoms with Crippen molar-refractivity contribution in [3.05, 3.63) is 12.2 Å². The van der Waals surface area contributed by atoms with Gasteiger partial charge in [0.1, 0.15) is 0 Å². The zero-order chi connectivity index (χ0) is 15.4. The summed E-state index contributed by atoms with van der Waals surface area (Å²) in [4.78, 5) is 24.4. The Balaban J connectivity index is 1.69. The smallest absolute Gasteiger partial charge is 0.234 e. The van der Waals surface area contributed by atoms with Gasteiger partial charge in [0.05, 0.1) is 13.1 Å².